The van der Waals surface area contributed by atoms with Gasteiger partial charge in [-0.2, -0.15) is 5.10 Å². The first-order valence-electron chi connectivity index (χ1n) is 7.51. The molecule has 130 valence electrons. The van der Waals surface area contributed by atoms with Crippen LogP contribution in [0.3, 0.4) is 0 Å². The van der Waals surface area contributed by atoms with Crippen molar-refractivity contribution >= 4 is 5.91 Å². The number of rotatable bonds is 7. The molecule has 1 aromatic heterocycles. The summed E-state index contributed by atoms with van der Waals surface area (Å²) in [6, 6.07) is 4.60. The molecule has 0 bridgehead atoms. The fraction of sp³-hybridized carbons (Fsp3) is 0.375. The third-order valence-electron chi connectivity index (χ3n) is 3.49. The zero-order valence-corrected chi connectivity index (χ0v) is 13.2. The zero-order valence-electron chi connectivity index (χ0n) is 13.2. The Labute approximate surface area is 137 Å². The summed E-state index contributed by atoms with van der Waals surface area (Å²) in [5.74, 6) is -1.91. The second-order valence-corrected chi connectivity index (χ2v) is 5.27. The van der Waals surface area contributed by atoms with Gasteiger partial charge in [0, 0.05) is 31.5 Å². The molecule has 6 nitrogen and oxygen atoms in total. The van der Waals surface area contributed by atoms with Crippen molar-refractivity contribution in [2.75, 3.05) is 26.3 Å². The molecule has 0 saturated heterocycles. The predicted molar refractivity (Wildman–Crippen MR) is 82.9 cm³/mol. The van der Waals surface area contributed by atoms with E-state index in [0.717, 1.165) is 12.1 Å². The summed E-state index contributed by atoms with van der Waals surface area (Å²) in [5, 5.41) is 22.1. The molecule has 0 fully saturated rings. The Bertz CT molecular complexity index is 719. The van der Waals surface area contributed by atoms with Crippen LogP contribution in [0.2, 0.25) is 0 Å². The highest BCUT2D eigenvalue weighted by Crippen LogP contribution is 2.18. The molecule has 0 unspecified atom stereocenters. The number of aliphatic hydroxyl groups excluding tert-OH is 2. The van der Waals surface area contributed by atoms with Crippen LogP contribution in [0.5, 0.6) is 0 Å². The largest absolute Gasteiger partial charge is 0.396 e. The molecule has 0 aliphatic heterocycles. The monoisotopic (exact) mass is 339 g/mol. The van der Waals surface area contributed by atoms with E-state index in [1.165, 1.54) is 21.7 Å². The summed E-state index contributed by atoms with van der Waals surface area (Å²) in [6.45, 7) is 1.73. The lowest BCUT2D eigenvalue weighted by Gasteiger charge is -2.20. The fourth-order valence-electron chi connectivity index (χ4n) is 2.34. The zero-order chi connectivity index (χ0) is 17.7. The van der Waals surface area contributed by atoms with Crippen LogP contribution in [0, 0.1) is 18.6 Å². The number of aliphatic hydroxyl groups is 2. The first-order valence-corrected chi connectivity index (χ1v) is 7.51. The molecule has 0 aliphatic carbocycles. The average Bonchev–Trinajstić information content (AvgIpc) is 2.92. The highest BCUT2D eigenvalue weighted by atomic mass is 19.1. The summed E-state index contributed by atoms with van der Waals surface area (Å²) in [7, 11) is 0. The molecule has 1 heterocycles. The van der Waals surface area contributed by atoms with E-state index in [4.69, 9.17) is 10.2 Å². The van der Waals surface area contributed by atoms with Crippen molar-refractivity contribution in [3.8, 4) is 5.69 Å². The molecule has 0 saturated carbocycles. The van der Waals surface area contributed by atoms with E-state index in [2.05, 4.69) is 5.10 Å². The third kappa shape index (κ3) is 3.95. The van der Waals surface area contributed by atoms with Gasteiger partial charge < -0.3 is 15.1 Å². The number of carbonyl (C=O) groups excluding carboxylic acids is 1. The Balaban J connectivity index is 2.31. The number of hydrogen-bond donors (Lipinski definition) is 2. The molecule has 0 spiro atoms. The average molecular weight is 339 g/mol. The minimum atomic E-state index is -0.785. The third-order valence-corrected chi connectivity index (χ3v) is 3.49. The molecule has 2 N–H and O–H groups in total. The number of amides is 1. The van der Waals surface area contributed by atoms with E-state index in [-0.39, 0.29) is 37.7 Å². The standard InChI is InChI=1S/C16H19F2N3O3/c1-11-9-14(16(24)20(6-8-23)5-2-7-22)19-21(11)15-4-3-12(17)10-13(15)18/h3-4,9-10,22-23H,2,5-8H2,1H3. The molecule has 1 amide bonds. The molecular weight excluding hydrogens is 320 g/mol. The maximum atomic E-state index is 13.9. The highest BCUT2D eigenvalue weighted by Gasteiger charge is 2.20. The number of aryl methyl sites for hydroxylation is 1. The summed E-state index contributed by atoms with van der Waals surface area (Å²) < 4.78 is 28.2. The topological polar surface area (TPSA) is 78.6 Å². The van der Waals surface area contributed by atoms with Crippen LogP contribution in [0.4, 0.5) is 8.78 Å². The Morgan fingerprint density at radius 1 is 1.21 bits per heavy atom. The first-order chi connectivity index (χ1) is 11.5. The Morgan fingerprint density at radius 2 is 1.96 bits per heavy atom. The van der Waals surface area contributed by atoms with E-state index in [1.807, 2.05) is 0 Å². The van der Waals surface area contributed by atoms with E-state index in [9.17, 15) is 13.6 Å². The van der Waals surface area contributed by atoms with E-state index < -0.39 is 17.5 Å². The van der Waals surface area contributed by atoms with Gasteiger partial charge in [-0.15, -0.1) is 0 Å². The molecular formula is C16H19F2N3O3. The van der Waals surface area contributed by atoms with Gasteiger partial charge in [0.25, 0.3) is 5.91 Å². The van der Waals surface area contributed by atoms with E-state index in [1.54, 1.807) is 6.92 Å². The summed E-state index contributed by atoms with van der Waals surface area (Å²) in [6.07, 6.45) is 0.373. The maximum Gasteiger partial charge on any atom is 0.274 e. The molecule has 2 rings (SSSR count). The summed E-state index contributed by atoms with van der Waals surface area (Å²) in [4.78, 5) is 13.8. The number of nitrogens with zero attached hydrogens (tertiary/aromatic N) is 3. The molecule has 0 aliphatic rings. The molecule has 8 heteroatoms. The van der Waals surface area contributed by atoms with Gasteiger partial charge in [0.2, 0.25) is 0 Å². The van der Waals surface area contributed by atoms with Crippen molar-refractivity contribution < 1.29 is 23.8 Å². The quantitative estimate of drug-likeness (QED) is 0.796. The van der Waals surface area contributed by atoms with Crippen molar-refractivity contribution in [1.29, 1.82) is 0 Å². The Morgan fingerprint density at radius 3 is 2.58 bits per heavy atom. The lowest BCUT2D eigenvalue weighted by Crippen LogP contribution is -2.35. The lowest BCUT2D eigenvalue weighted by molar-refractivity contribution is 0.0703. The molecule has 1 aromatic carbocycles. The molecule has 2 aromatic rings. The van der Waals surface area contributed by atoms with Gasteiger partial charge in [0.15, 0.2) is 11.5 Å². The number of aromatic nitrogens is 2. The minimum Gasteiger partial charge on any atom is -0.396 e. The minimum absolute atomic E-state index is 0.0389. The first kappa shape index (κ1) is 18.0. The van der Waals surface area contributed by atoms with Gasteiger partial charge >= 0.3 is 0 Å². The smallest absolute Gasteiger partial charge is 0.274 e. The number of halogens is 2. The van der Waals surface area contributed by atoms with Gasteiger partial charge in [-0.3, -0.25) is 4.79 Å². The number of benzene rings is 1. The van der Waals surface area contributed by atoms with Crippen LogP contribution in [0.15, 0.2) is 24.3 Å². The SMILES string of the molecule is Cc1cc(C(=O)N(CCO)CCCO)nn1-c1ccc(F)cc1F. The normalized spacial score (nSPS) is 10.9. The van der Waals surface area contributed by atoms with E-state index >= 15 is 0 Å². The maximum absolute atomic E-state index is 13.9. The van der Waals surface area contributed by atoms with Gasteiger partial charge in [-0.05, 0) is 31.5 Å². The fourth-order valence-corrected chi connectivity index (χ4v) is 2.34. The lowest BCUT2D eigenvalue weighted by atomic mass is 10.3. The number of hydrogen-bond acceptors (Lipinski definition) is 4. The van der Waals surface area contributed by atoms with Gasteiger partial charge in [0.1, 0.15) is 11.5 Å². The van der Waals surface area contributed by atoms with Gasteiger partial charge in [0.05, 0.1) is 6.61 Å². The molecule has 24 heavy (non-hydrogen) atoms. The molecule has 0 radical (unpaired) electrons. The van der Waals surface area contributed by atoms with Gasteiger partial charge in [-0.1, -0.05) is 0 Å². The Hall–Kier alpha value is -2.32. The van der Waals surface area contributed by atoms with Crippen LogP contribution < -0.4 is 0 Å². The van der Waals surface area contributed by atoms with E-state index in [0.29, 0.717) is 12.1 Å². The van der Waals surface area contributed by atoms with Crippen molar-refractivity contribution in [1.82, 2.24) is 14.7 Å². The second kappa shape index (κ2) is 7.98. The van der Waals surface area contributed by atoms with Crippen LogP contribution in [-0.4, -0.2) is 57.1 Å². The van der Waals surface area contributed by atoms with Crippen LogP contribution in [0.1, 0.15) is 22.6 Å². The van der Waals surface area contributed by atoms with Crippen molar-refractivity contribution in [3.63, 3.8) is 0 Å². The van der Waals surface area contributed by atoms with Gasteiger partial charge in [-0.25, -0.2) is 13.5 Å². The predicted octanol–water partition coefficient (Wildman–Crippen LogP) is 1.28. The van der Waals surface area contributed by atoms with Crippen molar-refractivity contribution in [2.24, 2.45) is 0 Å². The Kier molecular flexibility index (Phi) is 5.99. The summed E-state index contributed by atoms with van der Waals surface area (Å²) >= 11 is 0. The van der Waals surface area contributed by atoms with Crippen LogP contribution >= 0.6 is 0 Å². The van der Waals surface area contributed by atoms with Crippen LogP contribution in [-0.2, 0) is 0 Å². The van der Waals surface area contributed by atoms with Crippen molar-refractivity contribution in [3.05, 3.63) is 47.3 Å². The van der Waals surface area contributed by atoms with Crippen molar-refractivity contribution in [2.45, 2.75) is 13.3 Å². The number of carbonyl (C=O) groups is 1. The second-order valence-electron chi connectivity index (χ2n) is 5.27. The molecule has 0 atom stereocenters. The van der Waals surface area contributed by atoms with Crippen LogP contribution in [0.25, 0.3) is 5.69 Å². The highest BCUT2D eigenvalue weighted by molar-refractivity contribution is 5.92. The summed E-state index contributed by atoms with van der Waals surface area (Å²) in [5.41, 5.74) is 0.634.